The van der Waals surface area contributed by atoms with Gasteiger partial charge in [0, 0.05) is 6.26 Å². The largest absolute Gasteiger partial charge is 0.481 e. The summed E-state index contributed by atoms with van der Waals surface area (Å²) in [6.45, 7) is 3.55. The topological polar surface area (TPSA) is 72.5 Å². The summed E-state index contributed by atoms with van der Waals surface area (Å²) in [6.07, 6.45) is 0.449. The minimum Gasteiger partial charge on any atom is -0.481 e. The van der Waals surface area contributed by atoms with Crippen LogP contribution < -0.4 is 10.1 Å². The highest BCUT2D eigenvalue weighted by atomic mass is 32.2. The van der Waals surface area contributed by atoms with E-state index in [0.717, 1.165) is 11.8 Å². The molecule has 0 aliphatic carbocycles. The monoisotopic (exact) mass is 347 g/mol. The van der Waals surface area contributed by atoms with Crippen LogP contribution in [0, 0.1) is 0 Å². The van der Waals surface area contributed by atoms with Crippen LogP contribution >= 0.6 is 0 Å². The molecule has 2 aromatic rings. The molecule has 0 saturated heterocycles. The number of rotatable bonds is 6. The van der Waals surface area contributed by atoms with Crippen LogP contribution in [0.25, 0.3) is 0 Å². The molecule has 0 saturated carbocycles. The Morgan fingerprint density at radius 3 is 2.12 bits per heavy atom. The third-order valence-corrected chi connectivity index (χ3v) is 4.72. The van der Waals surface area contributed by atoms with Gasteiger partial charge in [-0.1, -0.05) is 30.3 Å². The number of ether oxygens (including phenoxy) is 1. The predicted molar refractivity (Wildman–Crippen MR) is 92.6 cm³/mol. The Labute approximate surface area is 142 Å². The molecule has 24 heavy (non-hydrogen) atoms. The summed E-state index contributed by atoms with van der Waals surface area (Å²) >= 11 is 0. The van der Waals surface area contributed by atoms with Crippen molar-refractivity contribution in [3.05, 3.63) is 60.2 Å². The molecule has 0 heterocycles. The summed E-state index contributed by atoms with van der Waals surface area (Å²) in [5.74, 6) is 0.205. The van der Waals surface area contributed by atoms with Crippen molar-refractivity contribution in [2.24, 2.45) is 0 Å². The van der Waals surface area contributed by atoms with Crippen LogP contribution in [0.1, 0.15) is 25.5 Å². The van der Waals surface area contributed by atoms with E-state index in [4.69, 9.17) is 4.74 Å². The second-order valence-electron chi connectivity index (χ2n) is 5.64. The standard InChI is InChI=1S/C18H21NO4S/c1-13(15-7-5-4-6-8-15)19-18(20)14(2)23-16-9-11-17(12-10-16)24(3,21)22/h4-14H,1-3H3,(H,19,20). The van der Waals surface area contributed by atoms with Gasteiger partial charge in [0.15, 0.2) is 15.9 Å². The van der Waals surface area contributed by atoms with Gasteiger partial charge in [-0.25, -0.2) is 8.42 Å². The van der Waals surface area contributed by atoms with E-state index in [2.05, 4.69) is 5.32 Å². The Morgan fingerprint density at radius 1 is 1.00 bits per heavy atom. The molecular formula is C18H21NO4S. The number of carbonyl (C=O) groups excluding carboxylic acids is 1. The molecule has 5 nitrogen and oxygen atoms in total. The second kappa shape index (κ2) is 7.49. The van der Waals surface area contributed by atoms with Crippen molar-refractivity contribution in [3.63, 3.8) is 0 Å². The number of hydrogen-bond donors (Lipinski definition) is 1. The Kier molecular flexibility index (Phi) is 5.62. The number of hydrogen-bond acceptors (Lipinski definition) is 4. The molecular weight excluding hydrogens is 326 g/mol. The summed E-state index contributed by atoms with van der Waals surface area (Å²) in [7, 11) is -3.25. The maximum atomic E-state index is 12.2. The van der Waals surface area contributed by atoms with Gasteiger partial charge in [0.1, 0.15) is 5.75 Å². The third kappa shape index (κ3) is 4.83. The van der Waals surface area contributed by atoms with Gasteiger partial charge in [0.25, 0.3) is 5.91 Å². The highest BCUT2D eigenvalue weighted by Gasteiger charge is 2.18. The normalized spacial score (nSPS) is 13.8. The maximum absolute atomic E-state index is 12.2. The molecule has 0 aromatic heterocycles. The van der Waals surface area contributed by atoms with Gasteiger partial charge in [0.05, 0.1) is 10.9 Å². The first-order valence-corrected chi connectivity index (χ1v) is 9.48. The van der Waals surface area contributed by atoms with E-state index in [0.29, 0.717) is 5.75 Å². The van der Waals surface area contributed by atoms with Crippen LogP contribution in [0.4, 0.5) is 0 Å². The Hall–Kier alpha value is -2.34. The van der Waals surface area contributed by atoms with E-state index in [1.165, 1.54) is 12.1 Å². The fraction of sp³-hybridized carbons (Fsp3) is 0.278. The van der Waals surface area contributed by atoms with E-state index in [1.54, 1.807) is 19.1 Å². The Balaban J connectivity index is 1.96. The first-order chi connectivity index (χ1) is 11.3. The third-order valence-electron chi connectivity index (χ3n) is 3.59. The summed E-state index contributed by atoms with van der Waals surface area (Å²) in [5, 5.41) is 2.89. The molecule has 6 heteroatoms. The molecule has 0 fully saturated rings. The van der Waals surface area contributed by atoms with E-state index in [-0.39, 0.29) is 16.8 Å². The zero-order valence-electron chi connectivity index (χ0n) is 13.9. The number of amides is 1. The zero-order valence-corrected chi connectivity index (χ0v) is 14.7. The minimum absolute atomic E-state index is 0.127. The summed E-state index contributed by atoms with van der Waals surface area (Å²) in [6, 6.07) is 15.5. The number of nitrogens with one attached hydrogen (secondary N) is 1. The van der Waals surface area contributed by atoms with Crippen molar-refractivity contribution >= 4 is 15.7 Å². The van der Waals surface area contributed by atoms with Gasteiger partial charge in [-0.05, 0) is 43.7 Å². The molecule has 0 aliphatic heterocycles. The fourth-order valence-electron chi connectivity index (χ4n) is 2.18. The van der Waals surface area contributed by atoms with Crippen molar-refractivity contribution < 1.29 is 17.9 Å². The van der Waals surface area contributed by atoms with Crippen LogP contribution in [0.15, 0.2) is 59.5 Å². The van der Waals surface area contributed by atoms with E-state index in [9.17, 15) is 13.2 Å². The number of carbonyl (C=O) groups is 1. The molecule has 2 atom stereocenters. The van der Waals surface area contributed by atoms with Crippen LogP contribution in [0.5, 0.6) is 5.75 Å². The molecule has 0 aliphatic rings. The van der Waals surface area contributed by atoms with Crippen LogP contribution in [-0.2, 0) is 14.6 Å². The Morgan fingerprint density at radius 2 is 1.58 bits per heavy atom. The molecule has 1 amide bonds. The smallest absolute Gasteiger partial charge is 0.261 e. The lowest BCUT2D eigenvalue weighted by Crippen LogP contribution is -2.37. The SMILES string of the molecule is CC(Oc1ccc(S(C)(=O)=O)cc1)C(=O)NC(C)c1ccccc1. The van der Waals surface area contributed by atoms with Gasteiger partial charge >= 0.3 is 0 Å². The first kappa shape index (κ1) is 18.0. The lowest BCUT2D eigenvalue weighted by atomic mass is 10.1. The Bertz CT molecular complexity index is 786. The lowest BCUT2D eigenvalue weighted by molar-refractivity contribution is -0.127. The van der Waals surface area contributed by atoms with Gasteiger partial charge in [0.2, 0.25) is 0 Å². The summed E-state index contributed by atoms with van der Waals surface area (Å²) < 4.78 is 28.4. The highest BCUT2D eigenvalue weighted by Crippen LogP contribution is 2.18. The second-order valence-corrected chi connectivity index (χ2v) is 7.66. The summed E-state index contributed by atoms with van der Waals surface area (Å²) in [5.41, 5.74) is 1.01. The molecule has 1 N–H and O–H groups in total. The van der Waals surface area contributed by atoms with Crippen LogP contribution in [0.2, 0.25) is 0 Å². The van der Waals surface area contributed by atoms with E-state index >= 15 is 0 Å². The fourth-order valence-corrected chi connectivity index (χ4v) is 2.81. The molecule has 0 bridgehead atoms. The van der Waals surface area contributed by atoms with Gasteiger partial charge < -0.3 is 10.1 Å². The molecule has 2 aromatic carbocycles. The van der Waals surface area contributed by atoms with Crippen molar-refractivity contribution in [2.75, 3.05) is 6.26 Å². The van der Waals surface area contributed by atoms with Crippen molar-refractivity contribution in [3.8, 4) is 5.75 Å². The quantitative estimate of drug-likeness (QED) is 0.872. The van der Waals surface area contributed by atoms with Crippen molar-refractivity contribution in [2.45, 2.75) is 30.9 Å². The molecule has 0 radical (unpaired) electrons. The first-order valence-electron chi connectivity index (χ1n) is 7.59. The van der Waals surface area contributed by atoms with Gasteiger partial charge in [-0.3, -0.25) is 4.79 Å². The van der Waals surface area contributed by atoms with Gasteiger partial charge in [-0.2, -0.15) is 0 Å². The zero-order chi connectivity index (χ0) is 17.7. The van der Waals surface area contributed by atoms with Crippen molar-refractivity contribution in [1.29, 1.82) is 0 Å². The summed E-state index contributed by atoms with van der Waals surface area (Å²) in [4.78, 5) is 12.4. The highest BCUT2D eigenvalue weighted by molar-refractivity contribution is 7.90. The van der Waals surface area contributed by atoms with E-state index < -0.39 is 15.9 Å². The number of benzene rings is 2. The molecule has 128 valence electrons. The number of sulfone groups is 1. The van der Waals surface area contributed by atoms with Crippen LogP contribution in [-0.4, -0.2) is 26.7 Å². The van der Waals surface area contributed by atoms with Crippen molar-refractivity contribution in [1.82, 2.24) is 5.32 Å². The minimum atomic E-state index is -3.25. The lowest BCUT2D eigenvalue weighted by Gasteiger charge is -2.19. The molecule has 2 unspecified atom stereocenters. The average Bonchev–Trinajstić information content (AvgIpc) is 2.55. The maximum Gasteiger partial charge on any atom is 0.261 e. The van der Waals surface area contributed by atoms with Crippen LogP contribution in [0.3, 0.4) is 0 Å². The van der Waals surface area contributed by atoms with E-state index in [1.807, 2.05) is 37.3 Å². The molecule has 2 rings (SSSR count). The molecule has 0 spiro atoms. The van der Waals surface area contributed by atoms with Gasteiger partial charge in [-0.15, -0.1) is 0 Å². The average molecular weight is 347 g/mol. The predicted octanol–water partition coefficient (Wildman–Crippen LogP) is 2.73.